The molecule has 2 atom stereocenters. The first-order valence-corrected chi connectivity index (χ1v) is 4.73. The summed E-state index contributed by atoms with van der Waals surface area (Å²) in [7, 11) is 0. The fraction of sp³-hybridized carbons (Fsp3) is 1.00. The van der Waals surface area contributed by atoms with Gasteiger partial charge in [0.05, 0.1) is 0 Å². The van der Waals surface area contributed by atoms with Gasteiger partial charge in [-0.15, -0.1) is 0 Å². The third-order valence-electron chi connectivity index (χ3n) is 1.33. The zero-order chi connectivity index (χ0) is 11.8. The summed E-state index contributed by atoms with van der Waals surface area (Å²) in [4.78, 5) is -4.88. The molecule has 0 aliphatic heterocycles. The molecule has 0 nitrogen and oxygen atoms in total. The SMILES string of the molecule is FC(Br)CC(F)(C(F)(F)F)C(F)(F)Br. The second kappa shape index (κ2) is 4.15. The summed E-state index contributed by atoms with van der Waals surface area (Å²) in [5, 5.41) is -2.52. The molecule has 0 radical (unpaired) electrons. The Morgan fingerprint density at radius 3 is 1.43 bits per heavy atom. The first kappa shape index (κ1) is 14.5. The number of halogens is 9. The van der Waals surface area contributed by atoms with E-state index in [0.29, 0.717) is 0 Å². The van der Waals surface area contributed by atoms with E-state index >= 15 is 0 Å². The van der Waals surface area contributed by atoms with Gasteiger partial charge in [-0.1, -0.05) is 15.9 Å². The molecule has 2 unspecified atom stereocenters. The Kier molecular flexibility index (Phi) is 4.29. The molecule has 0 aromatic heterocycles. The Labute approximate surface area is 91.1 Å². The Morgan fingerprint density at radius 1 is 1.00 bits per heavy atom. The molecule has 0 aliphatic rings. The lowest BCUT2D eigenvalue weighted by atomic mass is 10.0. The van der Waals surface area contributed by atoms with E-state index in [1.807, 2.05) is 15.9 Å². The number of hydrogen-bond acceptors (Lipinski definition) is 0. The summed E-state index contributed by atoms with van der Waals surface area (Å²) in [6, 6.07) is 0. The van der Waals surface area contributed by atoms with E-state index in [1.54, 1.807) is 0 Å². The highest BCUT2D eigenvalue weighted by molar-refractivity contribution is 9.10. The van der Waals surface area contributed by atoms with Gasteiger partial charge in [0.15, 0.2) is 5.08 Å². The van der Waals surface area contributed by atoms with Crippen LogP contribution >= 0.6 is 31.9 Å². The van der Waals surface area contributed by atoms with Crippen LogP contribution in [0.25, 0.3) is 0 Å². The lowest BCUT2D eigenvalue weighted by Crippen LogP contribution is -2.53. The Hall–Kier alpha value is 0.470. The van der Waals surface area contributed by atoms with Crippen LogP contribution < -0.4 is 0 Å². The van der Waals surface area contributed by atoms with Gasteiger partial charge < -0.3 is 0 Å². The molecule has 0 heterocycles. The summed E-state index contributed by atoms with van der Waals surface area (Å²) in [5.41, 5.74) is -4.94. The Balaban J connectivity index is 5.07. The summed E-state index contributed by atoms with van der Waals surface area (Å²) in [6.07, 6.45) is -7.90. The van der Waals surface area contributed by atoms with E-state index in [9.17, 15) is 30.7 Å². The minimum atomic E-state index is -5.86. The number of hydrogen-bond donors (Lipinski definition) is 0. The van der Waals surface area contributed by atoms with Gasteiger partial charge in [-0.25, -0.2) is 8.78 Å². The maximum Gasteiger partial charge on any atom is 0.429 e. The molecule has 0 aliphatic carbocycles. The number of alkyl halides is 9. The highest BCUT2D eigenvalue weighted by atomic mass is 79.9. The quantitative estimate of drug-likeness (QED) is 0.522. The van der Waals surface area contributed by atoms with Crippen molar-refractivity contribution in [1.82, 2.24) is 0 Å². The summed E-state index contributed by atoms with van der Waals surface area (Å²) >= 11 is 3.18. The smallest absolute Gasteiger partial charge is 0.235 e. The van der Waals surface area contributed by atoms with Crippen molar-refractivity contribution < 1.29 is 30.7 Å². The molecule has 0 saturated heterocycles. The Bertz CT molecular complexity index is 179. The van der Waals surface area contributed by atoms with Gasteiger partial charge in [0.1, 0.15) is 0 Å². The van der Waals surface area contributed by atoms with Crippen molar-refractivity contribution in [2.24, 2.45) is 0 Å². The van der Waals surface area contributed by atoms with Crippen LogP contribution in [0.15, 0.2) is 0 Å². The van der Waals surface area contributed by atoms with E-state index in [1.165, 1.54) is 15.9 Å². The lowest BCUT2D eigenvalue weighted by Gasteiger charge is -2.31. The van der Waals surface area contributed by atoms with Crippen molar-refractivity contribution in [2.75, 3.05) is 0 Å². The molecule has 0 saturated carbocycles. The zero-order valence-electron chi connectivity index (χ0n) is 6.19. The van der Waals surface area contributed by atoms with Crippen molar-refractivity contribution in [3.8, 4) is 0 Å². The molecular formula is C5H3Br2F7. The third-order valence-corrected chi connectivity index (χ3v) is 2.29. The minimum Gasteiger partial charge on any atom is -0.235 e. The van der Waals surface area contributed by atoms with Crippen molar-refractivity contribution in [3.63, 3.8) is 0 Å². The maximum absolute atomic E-state index is 12.9. The van der Waals surface area contributed by atoms with Gasteiger partial charge in [0.2, 0.25) is 0 Å². The fourth-order valence-corrected chi connectivity index (χ4v) is 1.44. The highest BCUT2D eigenvalue weighted by Gasteiger charge is 2.70. The van der Waals surface area contributed by atoms with Gasteiger partial charge >= 0.3 is 11.0 Å². The van der Waals surface area contributed by atoms with Crippen molar-refractivity contribution in [3.05, 3.63) is 0 Å². The van der Waals surface area contributed by atoms with E-state index in [0.717, 1.165) is 0 Å². The average Bonchev–Trinajstić information content (AvgIpc) is 1.79. The predicted octanol–water partition coefficient (Wildman–Crippen LogP) is 4.33. The second-order valence-electron chi connectivity index (χ2n) is 2.39. The van der Waals surface area contributed by atoms with Gasteiger partial charge in [0.25, 0.3) is 5.67 Å². The monoisotopic (exact) mass is 354 g/mol. The van der Waals surface area contributed by atoms with Crippen LogP contribution in [-0.4, -0.2) is 21.8 Å². The molecule has 0 aromatic carbocycles. The third kappa shape index (κ3) is 2.98. The normalized spacial score (nSPS) is 20.4. The van der Waals surface area contributed by atoms with Gasteiger partial charge in [-0.05, 0) is 15.9 Å². The minimum absolute atomic E-state index is 1.25. The molecule has 0 amide bonds. The van der Waals surface area contributed by atoms with Gasteiger partial charge in [-0.2, -0.15) is 22.0 Å². The lowest BCUT2D eigenvalue weighted by molar-refractivity contribution is -0.279. The van der Waals surface area contributed by atoms with Crippen LogP contribution in [0.5, 0.6) is 0 Å². The molecule has 0 rings (SSSR count). The Morgan fingerprint density at radius 2 is 1.36 bits per heavy atom. The van der Waals surface area contributed by atoms with E-state index in [-0.39, 0.29) is 0 Å². The molecular weight excluding hydrogens is 353 g/mol. The van der Waals surface area contributed by atoms with E-state index < -0.39 is 28.2 Å². The van der Waals surface area contributed by atoms with Crippen molar-refractivity contribution in [2.45, 2.75) is 28.2 Å². The van der Waals surface area contributed by atoms with Crippen molar-refractivity contribution in [1.29, 1.82) is 0 Å². The molecule has 86 valence electrons. The van der Waals surface area contributed by atoms with Crippen LogP contribution in [0, 0.1) is 0 Å². The van der Waals surface area contributed by atoms with Crippen LogP contribution in [0.2, 0.25) is 0 Å². The zero-order valence-corrected chi connectivity index (χ0v) is 9.36. The number of rotatable bonds is 3. The second-order valence-corrected chi connectivity index (χ2v) is 4.38. The largest absolute Gasteiger partial charge is 0.429 e. The molecule has 14 heavy (non-hydrogen) atoms. The summed E-state index contributed by atoms with van der Waals surface area (Å²) in [6.45, 7) is 0. The predicted molar refractivity (Wildman–Crippen MR) is 42.2 cm³/mol. The standard InChI is InChI=1S/C5H3Br2F7/c6-2(8)1-3(9,4(7,10)11)5(12,13)14/h2H,1H2. The van der Waals surface area contributed by atoms with Gasteiger partial charge in [0, 0.05) is 6.42 Å². The maximum atomic E-state index is 12.9. The molecule has 0 bridgehead atoms. The molecule has 0 aromatic rings. The fourth-order valence-electron chi connectivity index (χ4n) is 0.605. The van der Waals surface area contributed by atoms with Crippen LogP contribution in [0.3, 0.4) is 0 Å². The summed E-state index contributed by atoms with van der Waals surface area (Å²) < 4.78 is 85.1. The van der Waals surface area contributed by atoms with Crippen LogP contribution in [0.4, 0.5) is 30.7 Å². The van der Waals surface area contributed by atoms with Crippen molar-refractivity contribution >= 4 is 31.9 Å². The van der Waals surface area contributed by atoms with Crippen LogP contribution in [-0.2, 0) is 0 Å². The van der Waals surface area contributed by atoms with E-state index in [2.05, 4.69) is 0 Å². The van der Waals surface area contributed by atoms with E-state index in [4.69, 9.17) is 0 Å². The molecule has 9 heteroatoms. The molecule has 0 spiro atoms. The van der Waals surface area contributed by atoms with Crippen LogP contribution in [0.1, 0.15) is 6.42 Å². The molecule has 0 N–H and O–H groups in total. The first-order chi connectivity index (χ1) is 5.92. The average molecular weight is 356 g/mol. The first-order valence-electron chi connectivity index (χ1n) is 3.02. The molecule has 0 fully saturated rings. The summed E-state index contributed by atoms with van der Waals surface area (Å²) in [5.74, 6) is 0. The highest BCUT2D eigenvalue weighted by Crippen LogP contribution is 2.51. The van der Waals surface area contributed by atoms with Gasteiger partial charge in [-0.3, -0.25) is 0 Å². The topological polar surface area (TPSA) is 0 Å².